The monoisotopic (exact) mass is 411 g/mol. The van der Waals surface area contributed by atoms with Gasteiger partial charge in [0.05, 0.1) is 10.6 Å². The molecule has 1 aromatic heterocycles. The van der Waals surface area contributed by atoms with E-state index in [1.54, 1.807) is 13.1 Å². The molecule has 1 aliphatic heterocycles. The number of nitrogens with one attached hydrogen (secondary N) is 2. The summed E-state index contributed by atoms with van der Waals surface area (Å²) in [5.41, 5.74) is 1.93. The smallest absolute Gasteiger partial charge is 0.313 e. The highest BCUT2D eigenvalue weighted by molar-refractivity contribution is 6.39. The summed E-state index contributed by atoms with van der Waals surface area (Å²) in [7, 11) is 0. The molecule has 0 bridgehead atoms. The van der Waals surface area contributed by atoms with Gasteiger partial charge in [0.15, 0.2) is 0 Å². The topological polar surface area (TPSA) is 117 Å². The minimum Gasteiger partial charge on any atom is -0.348 e. The van der Waals surface area contributed by atoms with E-state index in [1.165, 1.54) is 23.8 Å². The molecule has 2 amide bonds. The third kappa shape index (κ3) is 5.84. The molecule has 0 saturated carbocycles. The molecule has 0 aliphatic carbocycles. The molecule has 2 aromatic rings. The summed E-state index contributed by atoms with van der Waals surface area (Å²) in [6.45, 7) is 4.85. The quantitative estimate of drug-likeness (QED) is 0.428. The number of benzene rings is 1. The number of rotatable bonds is 6. The molecule has 158 valence electrons. The fourth-order valence-electron chi connectivity index (χ4n) is 3.45. The van der Waals surface area contributed by atoms with Crippen molar-refractivity contribution in [1.29, 1.82) is 0 Å². The number of likely N-dealkylation sites (tertiary alicyclic amines) is 1. The molecule has 1 aliphatic rings. The van der Waals surface area contributed by atoms with Gasteiger partial charge in [-0.25, -0.2) is 0 Å². The predicted molar refractivity (Wildman–Crippen MR) is 112 cm³/mol. The normalized spacial score (nSPS) is 14.8. The van der Waals surface area contributed by atoms with Gasteiger partial charge in [0.1, 0.15) is 0 Å². The standard InChI is InChI=1S/C21H25N5O4/c1-15-4-5-18(26(29)30)11-19(15)24-21(28)20(27)23-13-16-6-9-25(10-7-16)14-17-3-2-8-22-12-17/h2-5,8,11-12,16H,6-7,9-10,13-14H2,1H3,(H,23,27)(H,24,28). The van der Waals surface area contributed by atoms with Crippen LogP contribution >= 0.6 is 0 Å². The van der Waals surface area contributed by atoms with Gasteiger partial charge in [-0.05, 0) is 56.0 Å². The van der Waals surface area contributed by atoms with E-state index in [0.717, 1.165) is 32.5 Å². The first-order valence-electron chi connectivity index (χ1n) is 9.88. The van der Waals surface area contributed by atoms with Crippen molar-refractivity contribution in [2.45, 2.75) is 26.3 Å². The molecule has 0 unspecified atom stereocenters. The number of nitro benzene ring substituents is 1. The van der Waals surface area contributed by atoms with Crippen molar-refractivity contribution in [2.75, 3.05) is 25.0 Å². The fraction of sp³-hybridized carbons (Fsp3) is 0.381. The maximum absolute atomic E-state index is 12.2. The minimum absolute atomic E-state index is 0.144. The molecule has 1 saturated heterocycles. The number of hydrogen-bond acceptors (Lipinski definition) is 6. The van der Waals surface area contributed by atoms with E-state index in [1.807, 2.05) is 12.3 Å². The molecule has 0 radical (unpaired) electrons. The van der Waals surface area contributed by atoms with Gasteiger partial charge < -0.3 is 10.6 Å². The van der Waals surface area contributed by atoms with Crippen LogP contribution in [0.5, 0.6) is 0 Å². The van der Waals surface area contributed by atoms with E-state index < -0.39 is 16.7 Å². The van der Waals surface area contributed by atoms with Gasteiger partial charge in [-0.2, -0.15) is 0 Å². The largest absolute Gasteiger partial charge is 0.348 e. The molecule has 2 heterocycles. The lowest BCUT2D eigenvalue weighted by atomic mass is 9.96. The summed E-state index contributed by atoms with van der Waals surface area (Å²) in [5, 5.41) is 16.0. The number of nitro groups is 1. The lowest BCUT2D eigenvalue weighted by Gasteiger charge is -2.31. The van der Waals surface area contributed by atoms with Crippen LogP contribution in [0.15, 0.2) is 42.7 Å². The lowest BCUT2D eigenvalue weighted by molar-refractivity contribution is -0.384. The molecule has 9 heteroatoms. The van der Waals surface area contributed by atoms with Crippen molar-refractivity contribution in [2.24, 2.45) is 5.92 Å². The van der Waals surface area contributed by atoms with Gasteiger partial charge in [-0.3, -0.25) is 29.6 Å². The van der Waals surface area contributed by atoms with E-state index in [0.29, 0.717) is 18.0 Å². The van der Waals surface area contributed by atoms with E-state index >= 15 is 0 Å². The van der Waals surface area contributed by atoms with Crippen LogP contribution in [0.4, 0.5) is 11.4 Å². The number of pyridine rings is 1. The number of anilines is 1. The molecular weight excluding hydrogens is 386 g/mol. The average molecular weight is 411 g/mol. The highest BCUT2D eigenvalue weighted by Crippen LogP contribution is 2.22. The van der Waals surface area contributed by atoms with Crippen LogP contribution in [-0.4, -0.2) is 46.3 Å². The number of carbonyl (C=O) groups excluding carboxylic acids is 2. The number of aromatic nitrogens is 1. The SMILES string of the molecule is Cc1ccc([N+](=O)[O-])cc1NC(=O)C(=O)NCC1CCN(Cc2cccnc2)CC1. The Morgan fingerprint density at radius 3 is 2.67 bits per heavy atom. The third-order valence-corrected chi connectivity index (χ3v) is 5.27. The lowest BCUT2D eigenvalue weighted by Crippen LogP contribution is -2.41. The summed E-state index contributed by atoms with van der Waals surface area (Å²) in [5.74, 6) is -1.25. The zero-order valence-corrected chi connectivity index (χ0v) is 16.8. The van der Waals surface area contributed by atoms with Crippen molar-refractivity contribution in [1.82, 2.24) is 15.2 Å². The second-order valence-corrected chi connectivity index (χ2v) is 7.50. The molecule has 1 fully saturated rings. The van der Waals surface area contributed by atoms with E-state index in [2.05, 4.69) is 26.6 Å². The zero-order chi connectivity index (χ0) is 21.5. The predicted octanol–water partition coefficient (Wildman–Crippen LogP) is 2.27. The Morgan fingerprint density at radius 2 is 2.00 bits per heavy atom. The van der Waals surface area contributed by atoms with E-state index in [9.17, 15) is 19.7 Å². The Hall–Kier alpha value is -3.33. The minimum atomic E-state index is -0.826. The van der Waals surface area contributed by atoms with E-state index in [-0.39, 0.29) is 11.4 Å². The van der Waals surface area contributed by atoms with Crippen LogP contribution in [-0.2, 0) is 16.1 Å². The molecule has 30 heavy (non-hydrogen) atoms. The van der Waals surface area contributed by atoms with Crippen molar-refractivity contribution in [3.05, 3.63) is 64.0 Å². The third-order valence-electron chi connectivity index (χ3n) is 5.27. The molecule has 3 rings (SSSR count). The van der Waals surface area contributed by atoms with Crippen molar-refractivity contribution >= 4 is 23.2 Å². The second-order valence-electron chi connectivity index (χ2n) is 7.50. The van der Waals surface area contributed by atoms with Gasteiger partial charge >= 0.3 is 11.8 Å². The molecule has 0 spiro atoms. The Balaban J connectivity index is 1.43. The van der Waals surface area contributed by atoms with Crippen LogP contribution in [0.2, 0.25) is 0 Å². The van der Waals surface area contributed by atoms with E-state index in [4.69, 9.17) is 0 Å². The highest BCUT2D eigenvalue weighted by atomic mass is 16.6. The van der Waals surface area contributed by atoms with Crippen LogP contribution in [0, 0.1) is 23.0 Å². The average Bonchev–Trinajstić information content (AvgIpc) is 2.75. The Morgan fingerprint density at radius 1 is 1.23 bits per heavy atom. The van der Waals surface area contributed by atoms with Gasteiger partial charge in [-0.1, -0.05) is 12.1 Å². The summed E-state index contributed by atoms with van der Waals surface area (Å²) < 4.78 is 0. The summed E-state index contributed by atoms with van der Waals surface area (Å²) in [6.07, 6.45) is 5.50. The van der Waals surface area contributed by atoms with Crippen LogP contribution < -0.4 is 10.6 Å². The first kappa shape index (κ1) is 21.4. The van der Waals surface area contributed by atoms with Crippen molar-refractivity contribution in [3.63, 3.8) is 0 Å². The van der Waals surface area contributed by atoms with Gasteiger partial charge in [0.2, 0.25) is 0 Å². The highest BCUT2D eigenvalue weighted by Gasteiger charge is 2.22. The Bertz CT molecular complexity index is 911. The number of carbonyl (C=O) groups is 2. The molecule has 2 N–H and O–H groups in total. The number of hydrogen-bond donors (Lipinski definition) is 2. The van der Waals surface area contributed by atoms with Crippen LogP contribution in [0.3, 0.4) is 0 Å². The number of aryl methyl sites for hydroxylation is 1. The number of nitrogens with zero attached hydrogens (tertiary/aromatic N) is 3. The summed E-state index contributed by atoms with van der Waals surface area (Å²) >= 11 is 0. The second kappa shape index (κ2) is 9.93. The van der Waals surface area contributed by atoms with Crippen LogP contribution in [0.25, 0.3) is 0 Å². The van der Waals surface area contributed by atoms with Gasteiger partial charge in [0, 0.05) is 37.6 Å². The van der Waals surface area contributed by atoms with Crippen molar-refractivity contribution in [3.8, 4) is 0 Å². The summed E-state index contributed by atoms with van der Waals surface area (Å²) in [6, 6.07) is 8.12. The first-order valence-corrected chi connectivity index (χ1v) is 9.88. The fourth-order valence-corrected chi connectivity index (χ4v) is 3.45. The number of non-ortho nitro benzene ring substituents is 1. The maximum Gasteiger partial charge on any atom is 0.313 e. The summed E-state index contributed by atoms with van der Waals surface area (Å²) in [4.78, 5) is 41.2. The zero-order valence-electron chi connectivity index (χ0n) is 16.8. The molecule has 0 atom stereocenters. The van der Waals surface area contributed by atoms with Crippen LogP contribution in [0.1, 0.15) is 24.0 Å². The van der Waals surface area contributed by atoms with Gasteiger partial charge in [0.25, 0.3) is 5.69 Å². The molecular formula is C21H25N5O4. The number of piperidine rings is 1. The first-order chi connectivity index (χ1) is 14.4. The maximum atomic E-state index is 12.2. The Labute approximate surface area is 174 Å². The molecule has 9 nitrogen and oxygen atoms in total. The molecule has 1 aromatic carbocycles. The van der Waals surface area contributed by atoms with Crippen molar-refractivity contribution < 1.29 is 14.5 Å². The Kier molecular flexibility index (Phi) is 7.08. The number of amides is 2. The van der Waals surface area contributed by atoms with Gasteiger partial charge in [-0.15, -0.1) is 0 Å².